The number of amides is 1. The largest absolute Gasteiger partial charge is 0.353 e. The van der Waals surface area contributed by atoms with E-state index in [2.05, 4.69) is 17.1 Å². The maximum absolute atomic E-state index is 11.8. The summed E-state index contributed by atoms with van der Waals surface area (Å²) in [6.07, 6.45) is 3.74. The number of nitrogens with zero attached hydrogens (tertiary/aromatic N) is 1. The lowest BCUT2D eigenvalue weighted by Crippen LogP contribution is -2.50. The molecule has 17 heavy (non-hydrogen) atoms. The molecule has 0 aromatic rings. The lowest BCUT2D eigenvalue weighted by atomic mass is 10.0. The van der Waals surface area contributed by atoms with E-state index in [1.807, 2.05) is 13.8 Å². The molecule has 100 valence electrons. The van der Waals surface area contributed by atoms with Crippen LogP contribution in [0.3, 0.4) is 0 Å². The third-order valence-electron chi connectivity index (χ3n) is 3.69. The Kier molecular flexibility index (Phi) is 5.92. The molecule has 0 spiro atoms. The molecule has 0 bridgehead atoms. The van der Waals surface area contributed by atoms with Gasteiger partial charge in [0.1, 0.15) is 0 Å². The van der Waals surface area contributed by atoms with Crippen LogP contribution in [0, 0.1) is 5.92 Å². The van der Waals surface area contributed by atoms with Crippen molar-refractivity contribution < 1.29 is 4.79 Å². The Hall–Kier alpha value is -0.610. The summed E-state index contributed by atoms with van der Waals surface area (Å²) in [6, 6.07) is 0.116. The molecule has 1 unspecified atom stereocenters. The van der Waals surface area contributed by atoms with Crippen LogP contribution < -0.4 is 11.1 Å². The summed E-state index contributed by atoms with van der Waals surface area (Å²) in [5.74, 6) is 0.185. The normalized spacial score (nSPS) is 23.7. The van der Waals surface area contributed by atoms with Gasteiger partial charge >= 0.3 is 0 Å². The number of likely N-dealkylation sites (tertiary alicyclic amines) is 1. The molecule has 1 saturated heterocycles. The van der Waals surface area contributed by atoms with Crippen LogP contribution in [0.1, 0.15) is 40.0 Å². The van der Waals surface area contributed by atoms with Crippen LogP contribution in [0.2, 0.25) is 0 Å². The summed E-state index contributed by atoms with van der Waals surface area (Å²) in [5.41, 5.74) is 5.82. The number of rotatable bonds is 5. The maximum atomic E-state index is 11.8. The Morgan fingerprint density at radius 1 is 1.47 bits per heavy atom. The molecule has 1 aliphatic heterocycles. The number of likely N-dealkylation sites (N-methyl/N-ethyl adjacent to an activating group) is 1. The number of nitrogens with one attached hydrogen (secondary N) is 1. The number of hydrogen-bond donors (Lipinski definition) is 2. The molecule has 0 aromatic heterocycles. The van der Waals surface area contributed by atoms with Crippen LogP contribution in [0.5, 0.6) is 0 Å². The predicted octanol–water partition coefficient (Wildman–Crippen LogP) is 0.960. The number of carbonyl (C=O) groups excluding carboxylic acids is 1. The van der Waals surface area contributed by atoms with Crippen molar-refractivity contribution >= 4 is 5.91 Å². The fourth-order valence-corrected chi connectivity index (χ4v) is 2.35. The van der Waals surface area contributed by atoms with Gasteiger partial charge in [-0.3, -0.25) is 9.69 Å². The van der Waals surface area contributed by atoms with Crippen molar-refractivity contribution in [2.45, 2.75) is 52.1 Å². The molecule has 1 heterocycles. The average molecular weight is 241 g/mol. The first-order valence-corrected chi connectivity index (χ1v) is 6.83. The van der Waals surface area contributed by atoms with Crippen LogP contribution in [-0.4, -0.2) is 42.5 Å². The van der Waals surface area contributed by atoms with Crippen molar-refractivity contribution in [2.75, 3.05) is 19.6 Å². The molecule has 0 radical (unpaired) electrons. The summed E-state index contributed by atoms with van der Waals surface area (Å²) in [5, 5.41) is 2.99. The fraction of sp³-hybridized carbons (Fsp3) is 0.923. The summed E-state index contributed by atoms with van der Waals surface area (Å²) >= 11 is 0. The third kappa shape index (κ3) is 4.28. The number of nitrogens with two attached hydrogens (primary N) is 1. The smallest absolute Gasteiger partial charge is 0.237 e. The Morgan fingerprint density at radius 2 is 2.18 bits per heavy atom. The number of hydrogen-bond acceptors (Lipinski definition) is 3. The fourth-order valence-electron chi connectivity index (χ4n) is 2.35. The van der Waals surface area contributed by atoms with Crippen molar-refractivity contribution in [3.63, 3.8) is 0 Å². The molecule has 2 atom stereocenters. The summed E-state index contributed by atoms with van der Waals surface area (Å²) < 4.78 is 0. The molecular weight excluding hydrogens is 214 g/mol. The molecular formula is C13H27N3O. The molecule has 1 fully saturated rings. The van der Waals surface area contributed by atoms with Crippen LogP contribution >= 0.6 is 0 Å². The standard InChI is InChI=1S/C13H27N3O/c1-4-16-8-6-5-7-11(16)9-15-13(17)12(14)10(2)3/h10-12H,4-9,14H2,1-3H3,(H,15,17)/t11?,12-/m0/s1. The zero-order valence-electron chi connectivity index (χ0n) is 11.4. The van der Waals surface area contributed by atoms with Crippen LogP contribution in [0.25, 0.3) is 0 Å². The third-order valence-corrected chi connectivity index (χ3v) is 3.69. The first-order chi connectivity index (χ1) is 8.06. The molecule has 0 aromatic carbocycles. The summed E-state index contributed by atoms with van der Waals surface area (Å²) in [6.45, 7) is 9.10. The zero-order valence-corrected chi connectivity index (χ0v) is 11.4. The van der Waals surface area contributed by atoms with E-state index in [9.17, 15) is 4.79 Å². The van der Waals surface area contributed by atoms with Crippen molar-refractivity contribution in [2.24, 2.45) is 11.7 Å². The van der Waals surface area contributed by atoms with E-state index in [1.54, 1.807) is 0 Å². The van der Waals surface area contributed by atoms with Gasteiger partial charge in [0.15, 0.2) is 0 Å². The molecule has 1 amide bonds. The first kappa shape index (κ1) is 14.5. The first-order valence-electron chi connectivity index (χ1n) is 6.83. The molecule has 0 aliphatic carbocycles. The van der Waals surface area contributed by atoms with Gasteiger partial charge in [0.05, 0.1) is 6.04 Å². The highest BCUT2D eigenvalue weighted by molar-refractivity contribution is 5.81. The van der Waals surface area contributed by atoms with Crippen molar-refractivity contribution in [3.8, 4) is 0 Å². The minimum Gasteiger partial charge on any atom is -0.353 e. The molecule has 1 rings (SSSR count). The highest BCUT2D eigenvalue weighted by atomic mass is 16.2. The number of carbonyl (C=O) groups is 1. The topological polar surface area (TPSA) is 58.4 Å². The average Bonchev–Trinajstić information content (AvgIpc) is 2.35. The second kappa shape index (κ2) is 6.97. The van der Waals surface area contributed by atoms with Gasteiger partial charge in [-0.05, 0) is 31.8 Å². The molecule has 0 saturated carbocycles. The predicted molar refractivity (Wildman–Crippen MR) is 70.7 cm³/mol. The highest BCUT2D eigenvalue weighted by Gasteiger charge is 2.23. The van der Waals surface area contributed by atoms with E-state index >= 15 is 0 Å². The maximum Gasteiger partial charge on any atom is 0.237 e. The van der Waals surface area contributed by atoms with E-state index in [-0.39, 0.29) is 17.9 Å². The quantitative estimate of drug-likeness (QED) is 0.754. The highest BCUT2D eigenvalue weighted by Crippen LogP contribution is 2.15. The lowest BCUT2D eigenvalue weighted by molar-refractivity contribution is -0.123. The second-order valence-electron chi connectivity index (χ2n) is 5.29. The van der Waals surface area contributed by atoms with E-state index in [4.69, 9.17) is 5.73 Å². The van der Waals surface area contributed by atoms with Gasteiger partial charge in [-0.15, -0.1) is 0 Å². The number of piperidine rings is 1. The van der Waals surface area contributed by atoms with Crippen molar-refractivity contribution in [1.82, 2.24) is 10.2 Å². The van der Waals surface area contributed by atoms with E-state index in [0.29, 0.717) is 6.04 Å². The Balaban J connectivity index is 2.35. The Labute approximate surface area is 105 Å². The van der Waals surface area contributed by atoms with Gasteiger partial charge in [0.25, 0.3) is 0 Å². The van der Waals surface area contributed by atoms with Crippen LogP contribution in [0.4, 0.5) is 0 Å². The van der Waals surface area contributed by atoms with Crippen LogP contribution in [-0.2, 0) is 4.79 Å². The van der Waals surface area contributed by atoms with Gasteiger partial charge in [-0.1, -0.05) is 27.2 Å². The van der Waals surface area contributed by atoms with Crippen molar-refractivity contribution in [1.29, 1.82) is 0 Å². The monoisotopic (exact) mass is 241 g/mol. The molecule has 3 N–H and O–H groups in total. The molecule has 4 nitrogen and oxygen atoms in total. The van der Waals surface area contributed by atoms with E-state index in [0.717, 1.165) is 19.6 Å². The van der Waals surface area contributed by atoms with E-state index < -0.39 is 0 Å². The van der Waals surface area contributed by atoms with Gasteiger partial charge < -0.3 is 11.1 Å². The van der Waals surface area contributed by atoms with Gasteiger partial charge in [0, 0.05) is 12.6 Å². The van der Waals surface area contributed by atoms with Gasteiger partial charge in [0.2, 0.25) is 5.91 Å². The van der Waals surface area contributed by atoms with Gasteiger partial charge in [-0.25, -0.2) is 0 Å². The van der Waals surface area contributed by atoms with Crippen LogP contribution in [0.15, 0.2) is 0 Å². The summed E-state index contributed by atoms with van der Waals surface area (Å²) in [4.78, 5) is 14.2. The second-order valence-corrected chi connectivity index (χ2v) is 5.29. The van der Waals surface area contributed by atoms with E-state index in [1.165, 1.54) is 19.3 Å². The summed E-state index contributed by atoms with van der Waals surface area (Å²) in [7, 11) is 0. The zero-order chi connectivity index (χ0) is 12.8. The molecule has 1 aliphatic rings. The lowest BCUT2D eigenvalue weighted by Gasteiger charge is -2.35. The van der Waals surface area contributed by atoms with Gasteiger partial charge in [-0.2, -0.15) is 0 Å². The molecule has 4 heteroatoms. The SMILES string of the molecule is CCN1CCCCC1CNC(=O)[C@@H](N)C(C)C. The van der Waals surface area contributed by atoms with Crippen molar-refractivity contribution in [3.05, 3.63) is 0 Å². The Morgan fingerprint density at radius 3 is 2.76 bits per heavy atom. The minimum atomic E-state index is -0.381. The minimum absolute atomic E-state index is 0.0124. The Bertz CT molecular complexity index is 243.